The van der Waals surface area contributed by atoms with Crippen LogP contribution in [-0.2, 0) is 21.7 Å². The number of nitrogens with zero attached hydrogens (tertiary/aromatic N) is 3. The van der Waals surface area contributed by atoms with Crippen molar-refractivity contribution in [2.75, 3.05) is 0 Å². The number of phenolic OH excluding ortho intramolecular Hbond substituents is 1. The van der Waals surface area contributed by atoms with Crippen molar-refractivity contribution in [3.63, 3.8) is 0 Å². The highest BCUT2D eigenvalue weighted by Crippen LogP contribution is 2.48. The van der Waals surface area contributed by atoms with E-state index in [1.807, 2.05) is 6.20 Å². The van der Waals surface area contributed by atoms with Crippen molar-refractivity contribution in [3.05, 3.63) is 168 Å². The number of hydrogen-bond donors (Lipinski definition) is 1. The molecule has 1 N–H and O–H groups in total. The van der Waals surface area contributed by atoms with Crippen LogP contribution in [0.1, 0.15) is 104 Å². The molecule has 6 aromatic carbocycles. The molecule has 0 saturated carbocycles. The van der Waals surface area contributed by atoms with Gasteiger partial charge in [-0.1, -0.05) is 185 Å². The zero-order chi connectivity index (χ0) is 47.7. The summed E-state index contributed by atoms with van der Waals surface area (Å²) in [6.45, 7) is 27.7. The molecule has 0 unspecified atom stereocenters. The van der Waals surface area contributed by atoms with E-state index >= 15 is 0 Å². The lowest BCUT2D eigenvalue weighted by atomic mass is 9.75. The maximum absolute atomic E-state index is 12.6. The summed E-state index contributed by atoms with van der Waals surface area (Å²) in [5.41, 5.74) is 16.6. The standard InChI is InChI=1S/C62H69N3OSi/c1-59(2,3)46-26-27-54(50(38-46)42-22-17-14-18-23-42)65-55-25-19-24-49(56(55)64-58(65)51-39-47(60(4,5)6)40-52(57(51)66)61(7,8)9)44-34-45(36-48(35-44)62(10)29-32-67(11,12)33-30-62)53-37-43(28-31-63-53)41-20-15-13-16-21-41/h13-28,31,34-40,66H,29-30,32-33H2,1-12H3. The van der Waals surface area contributed by atoms with Gasteiger partial charge in [-0.05, 0) is 122 Å². The molecule has 342 valence electrons. The number of hydrogen-bond acceptors (Lipinski definition) is 3. The molecule has 2 aromatic heterocycles. The highest BCUT2D eigenvalue weighted by Gasteiger charge is 2.38. The van der Waals surface area contributed by atoms with Gasteiger partial charge in [-0.25, -0.2) is 4.98 Å². The number of para-hydroxylation sites is 1. The third-order valence-electron chi connectivity index (χ3n) is 14.7. The quantitative estimate of drug-likeness (QED) is 0.162. The molecule has 1 aliphatic heterocycles. The first kappa shape index (κ1) is 46.1. The zero-order valence-corrected chi connectivity index (χ0v) is 43.0. The van der Waals surface area contributed by atoms with Gasteiger partial charge in [0.05, 0.1) is 28.0 Å². The Bertz CT molecular complexity index is 3110. The lowest BCUT2D eigenvalue weighted by Crippen LogP contribution is -2.38. The molecule has 1 fully saturated rings. The van der Waals surface area contributed by atoms with Gasteiger partial charge in [0.2, 0.25) is 0 Å². The normalized spacial score (nSPS) is 15.2. The molecule has 0 atom stereocenters. The van der Waals surface area contributed by atoms with Gasteiger partial charge in [-0.3, -0.25) is 9.55 Å². The molecular weight excluding hydrogens is 831 g/mol. The topological polar surface area (TPSA) is 50.9 Å². The summed E-state index contributed by atoms with van der Waals surface area (Å²) in [4.78, 5) is 10.8. The smallest absolute Gasteiger partial charge is 0.149 e. The van der Waals surface area contributed by atoms with E-state index in [2.05, 4.69) is 226 Å². The molecule has 8 aromatic rings. The van der Waals surface area contributed by atoms with Gasteiger partial charge in [0.15, 0.2) is 0 Å². The summed E-state index contributed by atoms with van der Waals surface area (Å²) in [6.07, 6.45) is 4.32. The largest absolute Gasteiger partial charge is 0.507 e. The summed E-state index contributed by atoms with van der Waals surface area (Å²) in [5, 5.41) is 12.6. The lowest BCUT2D eigenvalue weighted by Gasteiger charge is -2.41. The van der Waals surface area contributed by atoms with E-state index in [4.69, 9.17) is 9.97 Å². The Morgan fingerprint density at radius 2 is 1.18 bits per heavy atom. The number of fused-ring (bicyclic) bond motifs is 1. The minimum absolute atomic E-state index is 0.0324. The van der Waals surface area contributed by atoms with E-state index in [-0.39, 0.29) is 27.4 Å². The van der Waals surface area contributed by atoms with Crippen molar-refractivity contribution in [2.45, 2.75) is 129 Å². The van der Waals surface area contributed by atoms with E-state index in [9.17, 15) is 5.11 Å². The third kappa shape index (κ3) is 9.08. The molecule has 0 spiro atoms. The molecule has 9 rings (SSSR count). The summed E-state index contributed by atoms with van der Waals surface area (Å²) >= 11 is 0. The summed E-state index contributed by atoms with van der Waals surface area (Å²) in [5.74, 6) is 0.994. The number of aromatic hydroxyl groups is 1. The fraction of sp³-hybridized carbons (Fsp3) is 0.323. The average molecular weight is 900 g/mol. The van der Waals surface area contributed by atoms with Gasteiger partial charge in [0.25, 0.3) is 0 Å². The Kier molecular flexibility index (Phi) is 11.6. The molecule has 3 heterocycles. The van der Waals surface area contributed by atoms with Crippen LogP contribution in [0.4, 0.5) is 0 Å². The van der Waals surface area contributed by atoms with Crippen LogP contribution in [0.25, 0.3) is 72.7 Å². The highest BCUT2D eigenvalue weighted by atomic mass is 28.3. The van der Waals surface area contributed by atoms with E-state index in [1.165, 1.54) is 41.6 Å². The fourth-order valence-electron chi connectivity index (χ4n) is 10.1. The summed E-state index contributed by atoms with van der Waals surface area (Å²) < 4.78 is 2.33. The molecule has 1 aliphatic rings. The fourth-order valence-corrected chi connectivity index (χ4v) is 12.8. The summed E-state index contributed by atoms with van der Waals surface area (Å²) in [6, 6.07) is 53.5. The molecule has 5 heteroatoms. The second kappa shape index (κ2) is 16.9. The van der Waals surface area contributed by atoms with Gasteiger partial charge in [0.1, 0.15) is 11.6 Å². The SMILES string of the molecule is CC(C)(C)c1ccc(-n2c(-c3cc(C(C)(C)C)cc(C(C)(C)C)c3O)nc3c(-c4cc(-c5cc(-c6ccccc6)ccn5)cc(C5(C)CC[Si](C)(C)CC5)c4)cccc32)c(-c2ccccc2)c1. The first-order chi connectivity index (χ1) is 31.6. The Balaban J connectivity index is 1.36. The van der Waals surface area contributed by atoms with Gasteiger partial charge in [-0.15, -0.1) is 0 Å². The van der Waals surface area contributed by atoms with Gasteiger partial charge >= 0.3 is 0 Å². The molecule has 67 heavy (non-hydrogen) atoms. The first-order valence-corrected chi connectivity index (χ1v) is 27.8. The molecule has 1 saturated heterocycles. The van der Waals surface area contributed by atoms with Crippen molar-refractivity contribution in [2.24, 2.45) is 0 Å². The average Bonchev–Trinajstić information content (AvgIpc) is 3.69. The van der Waals surface area contributed by atoms with Crippen molar-refractivity contribution in [1.29, 1.82) is 0 Å². The van der Waals surface area contributed by atoms with E-state index in [1.54, 1.807) is 0 Å². The third-order valence-corrected chi connectivity index (χ3v) is 17.9. The van der Waals surface area contributed by atoms with E-state index < -0.39 is 8.07 Å². The minimum Gasteiger partial charge on any atom is -0.507 e. The van der Waals surface area contributed by atoms with Crippen LogP contribution in [0.15, 0.2) is 146 Å². The number of rotatable bonds is 7. The number of benzene rings is 6. The monoisotopic (exact) mass is 900 g/mol. The number of aromatic nitrogens is 3. The minimum atomic E-state index is -1.24. The summed E-state index contributed by atoms with van der Waals surface area (Å²) in [7, 11) is -1.24. The Morgan fingerprint density at radius 1 is 0.552 bits per heavy atom. The predicted molar refractivity (Wildman–Crippen MR) is 287 cm³/mol. The lowest BCUT2D eigenvalue weighted by molar-refractivity contribution is 0.416. The zero-order valence-electron chi connectivity index (χ0n) is 42.0. The predicted octanol–water partition coefficient (Wildman–Crippen LogP) is 17.1. The Hall–Kier alpha value is -6.04. The van der Waals surface area contributed by atoms with Crippen LogP contribution in [0.3, 0.4) is 0 Å². The van der Waals surface area contributed by atoms with Crippen LogP contribution in [0.5, 0.6) is 5.75 Å². The van der Waals surface area contributed by atoms with Crippen LogP contribution in [0.2, 0.25) is 25.2 Å². The van der Waals surface area contributed by atoms with Crippen molar-refractivity contribution in [3.8, 4) is 67.5 Å². The molecule has 4 nitrogen and oxygen atoms in total. The van der Waals surface area contributed by atoms with Crippen LogP contribution in [0, 0.1) is 0 Å². The first-order valence-electron chi connectivity index (χ1n) is 24.4. The van der Waals surface area contributed by atoms with Crippen LogP contribution >= 0.6 is 0 Å². The molecule has 0 radical (unpaired) electrons. The van der Waals surface area contributed by atoms with Crippen LogP contribution < -0.4 is 0 Å². The van der Waals surface area contributed by atoms with Crippen molar-refractivity contribution >= 4 is 19.1 Å². The molecule has 0 bridgehead atoms. The van der Waals surface area contributed by atoms with E-state index in [0.29, 0.717) is 0 Å². The van der Waals surface area contributed by atoms with Gasteiger partial charge in [-0.2, -0.15) is 0 Å². The maximum atomic E-state index is 12.6. The van der Waals surface area contributed by atoms with Crippen LogP contribution in [-0.4, -0.2) is 27.7 Å². The second-order valence-electron chi connectivity index (χ2n) is 23.5. The molecule has 0 amide bonds. The molecule has 0 aliphatic carbocycles. The van der Waals surface area contributed by atoms with Crippen molar-refractivity contribution < 1.29 is 5.11 Å². The number of imidazole rings is 1. The second-order valence-corrected chi connectivity index (χ2v) is 28.9. The van der Waals surface area contributed by atoms with Gasteiger partial charge in [0, 0.05) is 36.5 Å². The van der Waals surface area contributed by atoms with E-state index in [0.717, 1.165) is 78.3 Å². The Labute approximate surface area is 401 Å². The highest BCUT2D eigenvalue weighted by molar-refractivity contribution is 6.77. The van der Waals surface area contributed by atoms with Gasteiger partial charge < -0.3 is 5.11 Å². The van der Waals surface area contributed by atoms with Crippen molar-refractivity contribution in [1.82, 2.24) is 14.5 Å². The maximum Gasteiger partial charge on any atom is 0.149 e. The number of pyridine rings is 1. The number of phenols is 1. The molecular formula is C62H69N3OSi. The Morgan fingerprint density at radius 3 is 1.82 bits per heavy atom.